The van der Waals surface area contributed by atoms with Gasteiger partial charge in [0.25, 0.3) is 0 Å². The Kier molecular flexibility index (Phi) is 4.43. The van der Waals surface area contributed by atoms with E-state index in [9.17, 15) is 13.2 Å². The van der Waals surface area contributed by atoms with Crippen molar-refractivity contribution in [3.63, 3.8) is 0 Å². The van der Waals surface area contributed by atoms with Gasteiger partial charge in [-0.25, -0.2) is 9.97 Å². The summed E-state index contributed by atoms with van der Waals surface area (Å²) in [6.07, 6.45) is -4.65. The average molecular weight is 368 g/mol. The summed E-state index contributed by atoms with van der Waals surface area (Å²) >= 11 is 6.00. The molecule has 0 radical (unpaired) electrons. The minimum absolute atomic E-state index is 0.116. The van der Waals surface area contributed by atoms with Crippen molar-refractivity contribution in [1.82, 2.24) is 9.97 Å². The highest BCUT2D eigenvalue weighted by Gasteiger charge is 2.36. The predicted octanol–water partition coefficient (Wildman–Crippen LogP) is 5.08. The van der Waals surface area contributed by atoms with Crippen LogP contribution in [0, 0.1) is 0 Å². The van der Waals surface area contributed by atoms with Gasteiger partial charge in [0.2, 0.25) is 5.82 Å². The number of hydrogen-bond acceptors (Lipinski definition) is 4. The van der Waals surface area contributed by atoms with Gasteiger partial charge in [0.1, 0.15) is 11.6 Å². The number of aromatic nitrogens is 2. The van der Waals surface area contributed by atoms with Crippen molar-refractivity contribution in [2.75, 3.05) is 19.1 Å². The minimum Gasteiger partial charge on any atom is -0.497 e. The first-order valence-corrected chi connectivity index (χ1v) is 7.59. The molecule has 8 heteroatoms. The second-order valence-electron chi connectivity index (χ2n) is 5.29. The molecule has 2 aromatic carbocycles. The van der Waals surface area contributed by atoms with E-state index < -0.39 is 12.0 Å². The Balaban J connectivity index is 2.19. The number of alkyl halides is 3. The number of fused-ring (bicyclic) bond motifs is 1. The minimum atomic E-state index is -4.65. The summed E-state index contributed by atoms with van der Waals surface area (Å²) in [7, 11) is 3.17. The summed E-state index contributed by atoms with van der Waals surface area (Å²) in [6.45, 7) is 0. The second kappa shape index (κ2) is 6.40. The molecule has 130 valence electrons. The molecule has 25 heavy (non-hydrogen) atoms. The maximum Gasteiger partial charge on any atom is 0.451 e. The maximum absolute atomic E-state index is 13.2. The van der Waals surface area contributed by atoms with Crippen LogP contribution in [0.1, 0.15) is 5.82 Å². The van der Waals surface area contributed by atoms with E-state index in [-0.39, 0.29) is 11.3 Å². The van der Waals surface area contributed by atoms with Gasteiger partial charge in [-0.2, -0.15) is 13.2 Å². The largest absolute Gasteiger partial charge is 0.497 e. The van der Waals surface area contributed by atoms with Gasteiger partial charge in [-0.1, -0.05) is 11.6 Å². The summed E-state index contributed by atoms with van der Waals surface area (Å²) in [6, 6.07) is 11.4. The van der Waals surface area contributed by atoms with Gasteiger partial charge in [-0.3, -0.25) is 0 Å². The van der Waals surface area contributed by atoms with Crippen LogP contribution in [-0.2, 0) is 6.18 Å². The Morgan fingerprint density at radius 3 is 2.32 bits per heavy atom. The molecular formula is C17H13ClF3N3O. The van der Waals surface area contributed by atoms with Crippen LogP contribution in [0.25, 0.3) is 10.9 Å². The molecule has 1 aromatic heterocycles. The van der Waals surface area contributed by atoms with Crippen molar-refractivity contribution in [3.05, 3.63) is 53.3 Å². The van der Waals surface area contributed by atoms with Crippen LogP contribution < -0.4 is 9.64 Å². The van der Waals surface area contributed by atoms with E-state index in [1.165, 1.54) is 19.2 Å². The van der Waals surface area contributed by atoms with Crippen molar-refractivity contribution in [2.24, 2.45) is 0 Å². The molecule has 3 aromatic rings. The van der Waals surface area contributed by atoms with Crippen molar-refractivity contribution >= 4 is 34.0 Å². The third-order valence-corrected chi connectivity index (χ3v) is 3.90. The molecule has 1 heterocycles. The van der Waals surface area contributed by atoms with E-state index in [0.717, 1.165) is 0 Å². The van der Waals surface area contributed by atoms with Gasteiger partial charge in [-0.15, -0.1) is 0 Å². The summed E-state index contributed by atoms with van der Waals surface area (Å²) in [5.74, 6) is -0.439. The molecule has 0 N–H and O–H groups in total. The predicted molar refractivity (Wildman–Crippen MR) is 90.6 cm³/mol. The van der Waals surface area contributed by atoms with Crippen LogP contribution in [-0.4, -0.2) is 24.1 Å². The first kappa shape index (κ1) is 17.3. The summed E-state index contributed by atoms with van der Waals surface area (Å²) < 4.78 is 44.6. The highest BCUT2D eigenvalue weighted by Crippen LogP contribution is 2.35. The van der Waals surface area contributed by atoms with Crippen LogP contribution >= 0.6 is 11.6 Å². The molecule has 0 atom stereocenters. The Morgan fingerprint density at radius 1 is 1.04 bits per heavy atom. The summed E-state index contributed by atoms with van der Waals surface area (Å²) in [4.78, 5) is 8.89. The van der Waals surface area contributed by atoms with Gasteiger partial charge in [0, 0.05) is 23.1 Å². The van der Waals surface area contributed by atoms with E-state index in [1.807, 2.05) is 0 Å². The van der Waals surface area contributed by atoms with Crippen LogP contribution in [0.4, 0.5) is 24.7 Å². The summed E-state index contributed by atoms with van der Waals surface area (Å²) in [5, 5.41) is 0.819. The molecule has 0 saturated heterocycles. The average Bonchev–Trinajstić information content (AvgIpc) is 2.59. The quantitative estimate of drug-likeness (QED) is 0.647. The van der Waals surface area contributed by atoms with E-state index in [4.69, 9.17) is 16.3 Å². The number of rotatable bonds is 3. The van der Waals surface area contributed by atoms with Crippen LogP contribution in [0.15, 0.2) is 42.5 Å². The van der Waals surface area contributed by atoms with E-state index >= 15 is 0 Å². The zero-order valence-corrected chi connectivity index (χ0v) is 14.1. The fourth-order valence-electron chi connectivity index (χ4n) is 2.40. The number of benzene rings is 2. The number of ether oxygens (including phenoxy) is 1. The zero-order chi connectivity index (χ0) is 18.2. The molecule has 0 bridgehead atoms. The highest BCUT2D eigenvalue weighted by atomic mass is 35.5. The number of halogens is 4. The Morgan fingerprint density at radius 2 is 1.72 bits per heavy atom. The van der Waals surface area contributed by atoms with Gasteiger partial charge >= 0.3 is 6.18 Å². The number of nitrogens with zero attached hydrogens (tertiary/aromatic N) is 3. The summed E-state index contributed by atoms with van der Waals surface area (Å²) in [5.41, 5.74) is 0.816. The Bertz CT molecular complexity index is 913. The molecule has 0 fully saturated rings. The van der Waals surface area contributed by atoms with Crippen molar-refractivity contribution in [3.8, 4) is 5.75 Å². The molecule has 0 unspecified atom stereocenters. The van der Waals surface area contributed by atoms with Crippen LogP contribution in [0.3, 0.4) is 0 Å². The standard InChI is InChI=1S/C17H13ClF3N3O/c1-24(11-4-6-12(25-2)7-5-11)15-13-9-10(18)3-8-14(13)22-16(23-15)17(19,20)21/h3-9H,1-2H3. The third kappa shape index (κ3) is 3.46. The normalized spacial score (nSPS) is 11.6. The van der Waals surface area contributed by atoms with E-state index in [0.29, 0.717) is 21.8 Å². The zero-order valence-electron chi connectivity index (χ0n) is 13.3. The molecule has 0 aliphatic rings. The smallest absolute Gasteiger partial charge is 0.451 e. The van der Waals surface area contributed by atoms with Crippen LogP contribution in [0.5, 0.6) is 5.75 Å². The fourth-order valence-corrected chi connectivity index (χ4v) is 2.57. The first-order chi connectivity index (χ1) is 11.8. The molecule has 0 saturated carbocycles. The lowest BCUT2D eigenvalue weighted by atomic mass is 10.2. The monoisotopic (exact) mass is 367 g/mol. The molecule has 0 aliphatic carbocycles. The number of methoxy groups -OCH3 is 1. The second-order valence-corrected chi connectivity index (χ2v) is 5.72. The fraction of sp³-hybridized carbons (Fsp3) is 0.176. The lowest BCUT2D eigenvalue weighted by Crippen LogP contribution is -2.17. The van der Waals surface area contributed by atoms with Crippen molar-refractivity contribution < 1.29 is 17.9 Å². The number of hydrogen-bond donors (Lipinski definition) is 0. The third-order valence-electron chi connectivity index (χ3n) is 3.67. The Hall–Kier alpha value is -2.54. The highest BCUT2D eigenvalue weighted by molar-refractivity contribution is 6.31. The number of anilines is 2. The molecule has 0 spiro atoms. The molecule has 3 rings (SSSR count). The molecule has 0 amide bonds. The molecule has 4 nitrogen and oxygen atoms in total. The van der Waals surface area contributed by atoms with Gasteiger partial charge < -0.3 is 9.64 Å². The van der Waals surface area contributed by atoms with Gasteiger partial charge in [0.15, 0.2) is 0 Å². The topological polar surface area (TPSA) is 38.2 Å². The van der Waals surface area contributed by atoms with E-state index in [1.54, 1.807) is 42.3 Å². The van der Waals surface area contributed by atoms with Gasteiger partial charge in [0.05, 0.1) is 12.6 Å². The SMILES string of the molecule is COc1ccc(N(C)c2nc(C(F)(F)F)nc3ccc(Cl)cc23)cc1. The molecule has 0 aliphatic heterocycles. The van der Waals surface area contributed by atoms with Crippen LogP contribution in [0.2, 0.25) is 5.02 Å². The van der Waals surface area contributed by atoms with Gasteiger partial charge in [-0.05, 0) is 42.5 Å². The first-order valence-electron chi connectivity index (χ1n) is 7.22. The lowest BCUT2D eigenvalue weighted by molar-refractivity contribution is -0.144. The maximum atomic E-state index is 13.2. The van der Waals surface area contributed by atoms with Crippen molar-refractivity contribution in [2.45, 2.75) is 6.18 Å². The van der Waals surface area contributed by atoms with Crippen molar-refractivity contribution in [1.29, 1.82) is 0 Å². The van der Waals surface area contributed by atoms with E-state index in [2.05, 4.69) is 9.97 Å². The Labute approximate surface area is 146 Å². The lowest BCUT2D eigenvalue weighted by Gasteiger charge is -2.21. The molecular weight excluding hydrogens is 355 g/mol.